The third-order valence-corrected chi connectivity index (χ3v) is 7.32. The van der Waals surface area contributed by atoms with Gasteiger partial charge < -0.3 is 12.4 Å². The van der Waals surface area contributed by atoms with Crippen LogP contribution in [0.4, 0.5) is 0 Å². The topological polar surface area (TPSA) is 0 Å². The molecule has 0 aromatic carbocycles. The molecule has 0 atom stereocenters. The first kappa shape index (κ1) is 41.2. The van der Waals surface area contributed by atoms with E-state index in [9.17, 15) is 0 Å². The molecular formula is C24H54ClRhS3-. The number of halogens is 1. The van der Waals surface area contributed by atoms with Crippen molar-refractivity contribution in [1.82, 2.24) is 0 Å². The van der Waals surface area contributed by atoms with Crippen molar-refractivity contribution < 1.29 is 31.9 Å². The molecule has 1 radical (unpaired) electrons. The summed E-state index contributed by atoms with van der Waals surface area (Å²) >= 11 is 6.31. The smallest absolute Gasteiger partial charge is 0 e. The number of thioether (sulfide) groups is 3. The van der Waals surface area contributed by atoms with Gasteiger partial charge in [-0.2, -0.15) is 35.3 Å². The quantitative estimate of drug-likeness (QED) is 0.128. The van der Waals surface area contributed by atoms with Gasteiger partial charge in [-0.1, -0.05) is 80.1 Å². The fraction of sp³-hybridized carbons (Fsp3) is 1.00. The molecule has 0 rings (SSSR count). The van der Waals surface area contributed by atoms with Crippen LogP contribution in [-0.4, -0.2) is 34.5 Å². The van der Waals surface area contributed by atoms with E-state index in [1.54, 1.807) is 0 Å². The maximum absolute atomic E-state index is 2.25. The third-order valence-electron chi connectivity index (χ3n) is 3.85. The Balaban J connectivity index is -0.0000000960. The average Bonchev–Trinajstić information content (AvgIpc) is 2.69. The number of hydrogen-bond acceptors (Lipinski definition) is 3. The van der Waals surface area contributed by atoms with E-state index >= 15 is 0 Å². The van der Waals surface area contributed by atoms with Crippen LogP contribution in [0, 0.1) is 0 Å². The summed E-state index contributed by atoms with van der Waals surface area (Å²) in [5.74, 6) is 8.23. The van der Waals surface area contributed by atoms with Crippen LogP contribution < -0.4 is 12.4 Å². The molecule has 0 N–H and O–H groups in total. The minimum Gasteiger partial charge on any atom is -1.00 e. The molecule has 0 saturated carbocycles. The van der Waals surface area contributed by atoms with Gasteiger partial charge in [0, 0.05) is 19.5 Å². The van der Waals surface area contributed by atoms with E-state index in [1.165, 1.54) is 112 Å². The van der Waals surface area contributed by atoms with Gasteiger partial charge in [0.15, 0.2) is 0 Å². The van der Waals surface area contributed by atoms with Crippen LogP contribution in [0.1, 0.15) is 119 Å². The molecule has 185 valence electrons. The second-order valence-corrected chi connectivity index (χ2v) is 10.6. The molecule has 5 heteroatoms. The fourth-order valence-electron chi connectivity index (χ4n) is 1.78. The summed E-state index contributed by atoms with van der Waals surface area (Å²) in [7, 11) is 0. The average molecular weight is 577 g/mol. The molecule has 0 amide bonds. The van der Waals surface area contributed by atoms with Gasteiger partial charge in [-0.05, 0) is 73.0 Å². The van der Waals surface area contributed by atoms with Gasteiger partial charge in [-0.15, -0.1) is 0 Å². The van der Waals surface area contributed by atoms with Crippen molar-refractivity contribution in [1.29, 1.82) is 0 Å². The molecule has 0 aromatic heterocycles. The van der Waals surface area contributed by atoms with Crippen LogP contribution in [0.3, 0.4) is 0 Å². The zero-order chi connectivity index (χ0) is 20.8. The normalized spacial score (nSPS) is 9.31. The monoisotopic (exact) mass is 576 g/mol. The predicted octanol–water partition coefficient (Wildman–Crippen LogP) is 6.96. The van der Waals surface area contributed by atoms with Gasteiger partial charge in [-0.3, -0.25) is 0 Å². The van der Waals surface area contributed by atoms with Crippen molar-refractivity contribution in [3.05, 3.63) is 0 Å². The van der Waals surface area contributed by atoms with Crippen LogP contribution in [0.15, 0.2) is 0 Å². The second-order valence-electron chi connectivity index (χ2n) is 6.96. The summed E-state index contributed by atoms with van der Waals surface area (Å²) in [5.41, 5.74) is 0. The standard InChI is InChI=1S/3C8H18S.ClH.Rh/c3*1-3-5-7-9-8-6-4-2;;/h3*3-8H2,1-2H3;1H;/p-1. The molecule has 0 spiro atoms. The maximum atomic E-state index is 2.25. The fourth-order valence-corrected chi connectivity index (χ4v) is 5.35. The number of unbranched alkanes of at least 4 members (excludes halogenated alkanes) is 6. The van der Waals surface area contributed by atoms with E-state index < -0.39 is 0 Å². The van der Waals surface area contributed by atoms with E-state index in [0.29, 0.717) is 0 Å². The predicted molar refractivity (Wildman–Crippen MR) is 141 cm³/mol. The first-order valence-electron chi connectivity index (χ1n) is 12.0. The maximum Gasteiger partial charge on any atom is 0 e. The molecule has 0 aliphatic carbocycles. The molecule has 0 aliphatic rings. The van der Waals surface area contributed by atoms with Crippen molar-refractivity contribution in [3.63, 3.8) is 0 Å². The minimum atomic E-state index is 0. The largest absolute Gasteiger partial charge is 1.00 e. The van der Waals surface area contributed by atoms with Crippen molar-refractivity contribution in [3.8, 4) is 0 Å². The first-order valence-corrected chi connectivity index (χ1v) is 15.4. The Morgan fingerprint density at radius 2 is 0.483 bits per heavy atom. The summed E-state index contributed by atoms with van der Waals surface area (Å²) in [5, 5.41) is 0. The van der Waals surface area contributed by atoms with Gasteiger partial charge in [0.1, 0.15) is 0 Å². The summed E-state index contributed by atoms with van der Waals surface area (Å²) < 4.78 is 0. The summed E-state index contributed by atoms with van der Waals surface area (Å²) in [6, 6.07) is 0. The summed E-state index contributed by atoms with van der Waals surface area (Å²) in [4.78, 5) is 0. The van der Waals surface area contributed by atoms with Crippen molar-refractivity contribution in [2.45, 2.75) is 119 Å². The van der Waals surface area contributed by atoms with Crippen LogP contribution in [0.5, 0.6) is 0 Å². The molecule has 0 saturated heterocycles. The van der Waals surface area contributed by atoms with Crippen molar-refractivity contribution in [2.24, 2.45) is 0 Å². The Labute approximate surface area is 219 Å². The Morgan fingerprint density at radius 3 is 0.586 bits per heavy atom. The van der Waals surface area contributed by atoms with Gasteiger partial charge >= 0.3 is 0 Å². The van der Waals surface area contributed by atoms with Crippen LogP contribution in [-0.2, 0) is 19.5 Å². The molecule has 0 aromatic rings. The first-order chi connectivity index (χ1) is 13.2. The Morgan fingerprint density at radius 1 is 0.345 bits per heavy atom. The number of hydrogen-bond donors (Lipinski definition) is 0. The van der Waals surface area contributed by atoms with Crippen LogP contribution in [0.2, 0.25) is 0 Å². The SMILES string of the molecule is CCCCSCCCC.CCCCSCCCC.CCCCSCCCC.[Cl-].[Rh]. The molecule has 0 aliphatic heterocycles. The van der Waals surface area contributed by atoms with Gasteiger partial charge in [0.05, 0.1) is 0 Å². The molecule has 0 fully saturated rings. The van der Waals surface area contributed by atoms with Crippen molar-refractivity contribution >= 4 is 35.3 Å². The number of rotatable bonds is 18. The Kier molecular flexibility index (Phi) is 67.8. The van der Waals surface area contributed by atoms with E-state index in [2.05, 4.69) is 76.8 Å². The minimum absolute atomic E-state index is 0. The van der Waals surface area contributed by atoms with Crippen molar-refractivity contribution in [2.75, 3.05) is 34.5 Å². The molecule has 0 unspecified atom stereocenters. The van der Waals surface area contributed by atoms with Gasteiger partial charge in [-0.25, -0.2) is 0 Å². The molecular weight excluding hydrogens is 523 g/mol. The Hall–Kier alpha value is 1.96. The third kappa shape index (κ3) is 58.8. The van der Waals surface area contributed by atoms with E-state index in [4.69, 9.17) is 0 Å². The van der Waals surface area contributed by atoms with Gasteiger partial charge in [0.25, 0.3) is 0 Å². The molecule has 0 nitrogen and oxygen atoms in total. The zero-order valence-electron chi connectivity index (χ0n) is 20.7. The summed E-state index contributed by atoms with van der Waals surface area (Å²) in [6.45, 7) is 13.5. The van der Waals surface area contributed by atoms with E-state index in [-0.39, 0.29) is 31.9 Å². The molecule has 29 heavy (non-hydrogen) atoms. The zero-order valence-corrected chi connectivity index (χ0v) is 25.5. The van der Waals surface area contributed by atoms with E-state index in [0.717, 1.165) is 0 Å². The van der Waals surface area contributed by atoms with Crippen LogP contribution in [0.25, 0.3) is 0 Å². The second kappa shape index (κ2) is 47.7. The Bertz CT molecular complexity index is 159. The van der Waals surface area contributed by atoms with Crippen LogP contribution >= 0.6 is 35.3 Å². The summed E-state index contributed by atoms with van der Waals surface area (Å²) in [6.07, 6.45) is 16.5. The molecule has 0 bridgehead atoms. The van der Waals surface area contributed by atoms with Gasteiger partial charge in [0.2, 0.25) is 0 Å². The molecule has 0 heterocycles. The van der Waals surface area contributed by atoms with E-state index in [1.807, 2.05) is 0 Å².